The molecule has 4 nitrogen and oxygen atoms in total. The molecule has 2 N–H and O–H groups in total. The Morgan fingerprint density at radius 2 is 2.18 bits per heavy atom. The van der Waals surface area contributed by atoms with Crippen molar-refractivity contribution in [3.8, 4) is 0 Å². The van der Waals surface area contributed by atoms with Crippen LogP contribution in [0.15, 0.2) is 12.4 Å². The lowest BCUT2D eigenvalue weighted by Crippen LogP contribution is -2.32. The smallest absolute Gasteiger partial charge is 0.157 e. The Morgan fingerprint density at radius 3 is 2.76 bits per heavy atom. The standard InChI is InChI=1S/C11H18N4S2/c1-8(4-7-17-3)15(2)11-9(10(12)16)13-5-6-14-11/h5-6,8H,4,7H2,1-3H3,(H2,12,16). The van der Waals surface area contributed by atoms with E-state index in [0.29, 0.717) is 11.7 Å². The molecule has 0 spiro atoms. The average Bonchev–Trinajstić information content (AvgIpc) is 2.34. The molecule has 0 aromatic carbocycles. The summed E-state index contributed by atoms with van der Waals surface area (Å²) >= 11 is 6.83. The van der Waals surface area contributed by atoms with E-state index in [9.17, 15) is 0 Å². The number of nitrogens with two attached hydrogens (primary N) is 1. The van der Waals surface area contributed by atoms with Gasteiger partial charge in [-0.2, -0.15) is 11.8 Å². The number of nitrogens with zero attached hydrogens (tertiary/aromatic N) is 3. The minimum absolute atomic E-state index is 0.289. The van der Waals surface area contributed by atoms with Crippen LogP contribution in [-0.2, 0) is 0 Å². The third kappa shape index (κ3) is 3.81. The van der Waals surface area contributed by atoms with E-state index in [2.05, 4.69) is 28.0 Å². The van der Waals surface area contributed by atoms with Crippen LogP contribution >= 0.6 is 24.0 Å². The molecule has 1 aromatic heterocycles. The van der Waals surface area contributed by atoms with Crippen LogP contribution in [0.4, 0.5) is 5.82 Å². The third-order valence-electron chi connectivity index (χ3n) is 2.65. The fraction of sp³-hybridized carbons (Fsp3) is 0.545. The van der Waals surface area contributed by atoms with E-state index < -0.39 is 0 Å². The zero-order valence-corrected chi connectivity index (χ0v) is 12.0. The molecule has 17 heavy (non-hydrogen) atoms. The fourth-order valence-electron chi connectivity index (χ4n) is 1.45. The molecule has 94 valence electrons. The minimum atomic E-state index is 0.289. The Kier molecular flexibility index (Phi) is 5.64. The molecule has 6 heteroatoms. The molecule has 1 unspecified atom stereocenters. The lowest BCUT2D eigenvalue weighted by molar-refractivity contribution is 0.660. The van der Waals surface area contributed by atoms with Gasteiger partial charge in [0.25, 0.3) is 0 Å². The monoisotopic (exact) mass is 270 g/mol. The highest BCUT2D eigenvalue weighted by Gasteiger charge is 2.16. The van der Waals surface area contributed by atoms with Crippen LogP contribution in [0.2, 0.25) is 0 Å². The van der Waals surface area contributed by atoms with Gasteiger partial charge in [0, 0.05) is 25.5 Å². The summed E-state index contributed by atoms with van der Waals surface area (Å²) < 4.78 is 0. The van der Waals surface area contributed by atoms with Gasteiger partial charge in [-0.1, -0.05) is 12.2 Å². The van der Waals surface area contributed by atoms with E-state index in [-0.39, 0.29) is 4.99 Å². The molecule has 1 aromatic rings. The molecule has 0 fully saturated rings. The van der Waals surface area contributed by atoms with Gasteiger partial charge >= 0.3 is 0 Å². The predicted octanol–water partition coefficient (Wildman–Crippen LogP) is 1.69. The maximum atomic E-state index is 5.65. The second kappa shape index (κ2) is 6.76. The van der Waals surface area contributed by atoms with Gasteiger partial charge in [0.2, 0.25) is 0 Å². The molecule has 1 rings (SSSR count). The van der Waals surface area contributed by atoms with Crippen LogP contribution in [-0.4, -0.2) is 40.1 Å². The van der Waals surface area contributed by atoms with Gasteiger partial charge in [-0.15, -0.1) is 0 Å². The molecule has 0 aliphatic carbocycles. The van der Waals surface area contributed by atoms with Crippen molar-refractivity contribution in [2.75, 3.05) is 24.0 Å². The molecule has 1 heterocycles. The summed E-state index contributed by atoms with van der Waals surface area (Å²) in [5.41, 5.74) is 6.25. The highest BCUT2D eigenvalue weighted by molar-refractivity contribution is 7.98. The van der Waals surface area contributed by atoms with Crippen molar-refractivity contribution >= 4 is 34.8 Å². The molecule has 0 amide bonds. The van der Waals surface area contributed by atoms with Gasteiger partial charge in [-0.05, 0) is 25.4 Å². The van der Waals surface area contributed by atoms with Crippen molar-refractivity contribution in [2.45, 2.75) is 19.4 Å². The maximum absolute atomic E-state index is 5.65. The molecular weight excluding hydrogens is 252 g/mol. The summed E-state index contributed by atoms with van der Waals surface area (Å²) in [4.78, 5) is 10.9. The SMILES string of the molecule is CSCCC(C)N(C)c1nccnc1C(N)=S. The third-order valence-corrected chi connectivity index (χ3v) is 3.48. The lowest BCUT2D eigenvalue weighted by Gasteiger charge is -2.26. The highest BCUT2D eigenvalue weighted by atomic mass is 32.2. The maximum Gasteiger partial charge on any atom is 0.157 e. The Labute approximate surface area is 112 Å². The van der Waals surface area contributed by atoms with Gasteiger partial charge < -0.3 is 10.6 Å². The zero-order valence-electron chi connectivity index (χ0n) is 10.4. The summed E-state index contributed by atoms with van der Waals surface area (Å²) in [5, 5.41) is 0. The second-order valence-corrected chi connectivity index (χ2v) is 5.26. The first-order valence-corrected chi connectivity index (χ1v) is 7.20. The predicted molar refractivity (Wildman–Crippen MR) is 78.8 cm³/mol. The summed E-state index contributed by atoms with van der Waals surface area (Å²) in [6, 6.07) is 0.382. The van der Waals surface area contributed by atoms with Gasteiger partial charge in [0.1, 0.15) is 10.7 Å². The number of hydrogen-bond acceptors (Lipinski definition) is 5. The fourth-order valence-corrected chi connectivity index (χ4v) is 2.17. The van der Waals surface area contributed by atoms with Crippen LogP contribution in [0.3, 0.4) is 0 Å². The molecule has 0 bridgehead atoms. The van der Waals surface area contributed by atoms with Gasteiger partial charge in [0.05, 0.1) is 0 Å². The molecular formula is C11H18N4S2. The largest absolute Gasteiger partial charge is 0.388 e. The Morgan fingerprint density at radius 1 is 1.53 bits per heavy atom. The first-order chi connectivity index (χ1) is 8.07. The van der Waals surface area contributed by atoms with Crippen LogP contribution in [0.5, 0.6) is 0 Å². The van der Waals surface area contributed by atoms with Crippen molar-refractivity contribution in [1.29, 1.82) is 0 Å². The number of thiocarbonyl (C=S) groups is 1. The molecule has 0 saturated heterocycles. The summed E-state index contributed by atoms with van der Waals surface area (Å²) in [5.74, 6) is 1.88. The lowest BCUT2D eigenvalue weighted by atomic mass is 10.2. The summed E-state index contributed by atoms with van der Waals surface area (Å²) in [6.07, 6.45) is 6.47. The van der Waals surface area contributed by atoms with E-state index in [1.54, 1.807) is 12.4 Å². The van der Waals surface area contributed by atoms with Crippen molar-refractivity contribution in [2.24, 2.45) is 5.73 Å². The number of thioether (sulfide) groups is 1. The number of hydrogen-bond donors (Lipinski definition) is 1. The van der Waals surface area contributed by atoms with E-state index in [1.165, 1.54) is 0 Å². The Bertz CT molecular complexity index is 383. The van der Waals surface area contributed by atoms with Crippen molar-refractivity contribution in [3.63, 3.8) is 0 Å². The second-order valence-electron chi connectivity index (χ2n) is 3.83. The Balaban J connectivity index is 2.87. The van der Waals surface area contributed by atoms with Crippen LogP contribution in [0, 0.1) is 0 Å². The minimum Gasteiger partial charge on any atom is -0.388 e. The van der Waals surface area contributed by atoms with E-state index >= 15 is 0 Å². The zero-order chi connectivity index (χ0) is 12.8. The molecule has 1 atom stereocenters. The molecule has 0 saturated carbocycles. The Hall–Kier alpha value is -0.880. The van der Waals surface area contributed by atoms with Crippen LogP contribution < -0.4 is 10.6 Å². The van der Waals surface area contributed by atoms with E-state index in [0.717, 1.165) is 18.0 Å². The van der Waals surface area contributed by atoms with E-state index in [4.69, 9.17) is 18.0 Å². The van der Waals surface area contributed by atoms with Crippen molar-refractivity contribution in [1.82, 2.24) is 9.97 Å². The number of anilines is 1. The van der Waals surface area contributed by atoms with Gasteiger partial charge in [0.15, 0.2) is 5.82 Å². The number of aromatic nitrogens is 2. The molecule has 0 radical (unpaired) electrons. The van der Waals surface area contributed by atoms with Crippen molar-refractivity contribution < 1.29 is 0 Å². The summed E-state index contributed by atoms with van der Waals surface area (Å²) in [6.45, 7) is 2.16. The first kappa shape index (κ1) is 14.2. The van der Waals surface area contributed by atoms with Crippen LogP contribution in [0.25, 0.3) is 0 Å². The number of rotatable bonds is 6. The van der Waals surface area contributed by atoms with Crippen LogP contribution in [0.1, 0.15) is 19.0 Å². The van der Waals surface area contributed by atoms with Gasteiger partial charge in [-0.3, -0.25) is 0 Å². The molecule has 0 aliphatic rings. The normalized spacial score (nSPS) is 12.2. The van der Waals surface area contributed by atoms with Gasteiger partial charge in [-0.25, -0.2) is 9.97 Å². The van der Waals surface area contributed by atoms with Crippen molar-refractivity contribution in [3.05, 3.63) is 18.1 Å². The molecule has 0 aliphatic heterocycles. The average molecular weight is 270 g/mol. The topological polar surface area (TPSA) is 55.0 Å². The highest BCUT2D eigenvalue weighted by Crippen LogP contribution is 2.17. The quantitative estimate of drug-likeness (QED) is 0.794. The summed E-state index contributed by atoms with van der Waals surface area (Å²) in [7, 11) is 2.00. The van der Waals surface area contributed by atoms with E-state index in [1.807, 2.05) is 18.8 Å². The first-order valence-electron chi connectivity index (χ1n) is 5.40.